The van der Waals surface area contributed by atoms with E-state index in [4.69, 9.17) is 5.73 Å². The Morgan fingerprint density at radius 1 is 1.35 bits per heavy atom. The molecule has 0 aliphatic heterocycles. The molecule has 0 radical (unpaired) electrons. The lowest BCUT2D eigenvalue weighted by Gasteiger charge is -2.15. The van der Waals surface area contributed by atoms with Crippen LogP contribution in [0.4, 0.5) is 8.78 Å². The number of primary amides is 1. The predicted octanol–water partition coefficient (Wildman–Crippen LogP) is 1.49. The van der Waals surface area contributed by atoms with Crippen LogP contribution in [0, 0.1) is 17.6 Å². The van der Waals surface area contributed by atoms with Crippen LogP contribution in [0.15, 0.2) is 18.2 Å². The van der Waals surface area contributed by atoms with E-state index in [2.05, 4.69) is 5.32 Å². The fraction of sp³-hybridized carbons (Fsp3) is 0.417. The van der Waals surface area contributed by atoms with Crippen LogP contribution in [-0.4, -0.2) is 12.5 Å². The predicted molar refractivity (Wildman–Crippen MR) is 59.0 cm³/mol. The van der Waals surface area contributed by atoms with Crippen LogP contribution >= 0.6 is 0 Å². The first-order valence-corrected chi connectivity index (χ1v) is 5.55. The maximum absolute atomic E-state index is 13.0. The Hall–Kier alpha value is -1.49. The lowest BCUT2D eigenvalue weighted by atomic mass is 10.1. The number of rotatable bonds is 5. The molecule has 1 aromatic carbocycles. The van der Waals surface area contributed by atoms with Crippen LogP contribution in [0.1, 0.15) is 24.4 Å². The molecule has 2 rings (SSSR count). The number of nitrogens with two attached hydrogens (primary N) is 1. The molecule has 1 fully saturated rings. The second-order valence-corrected chi connectivity index (χ2v) is 4.39. The summed E-state index contributed by atoms with van der Waals surface area (Å²) < 4.78 is 26.1. The van der Waals surface area contributed by atoms with Crippen molar-refractivity contribution in [2.75, 3.05) is 6.54 Å². The largest absolute Gasteiger partial charge is 0.368 e. The Bertz CT molecular complexity index is 412. The third kappa shape index (κ3) is 3.23. The first kappa shape index (κ1) is 12.0. The molecule has 0 spiro atoms. The number of halogens is 2. The molecule has 1 aliphatic rings. The maximum atomic E-state index is 13.0. The number of hydrogen-bond donors (Lipinski definition) is 2. The molecule has 1 aromatic rings. The van der Waals surface area contributed by atoms with Gasteiger partial charge in [-0.3, -0.25) is 4.79 Å². The molecule has 1 aliphatic carbocycles. The van der Waals surface area contributed by atoms with Crippen LogP contribution in [0.25, 0.3) is 0 Å². The molecule has 0 bridgehead atoms. The minimum absolute atomic E-state index is 0.232. The lowest BCUT2D eigenvalue weighted by molar-refractivity contribution is -0.120. The van der Waals surface area contributed by atoms with Gasteiger partial charge in [-0.05, 0) is 43.0 Å². The molecule has 1 saturated carbocycles. The smallest absolute Gasteiger partial charge is 0.239 e. The number of nitrogens with one attached hydrogen (secondary N) is 1. The summed E-state index contributed by atoms with van der Waals surface area (Å²) in [5.41, 5.74) is 5.46. The lowest BCUT2D eigenvalue weighted by Crippen LogP contribution is -2.34. The number of carbonyl (C=O) groups is 1. The minimum Gasteiger partial charge on any atom is -0.368 e. The van der Waals surface area contributed by atoms with Gasteiger partial charge in [-0.1, -0.05) is 0 Å². The van der Waals surface area contributed by atoms with E-state index >= 15 is 0 Å². The van der Waals surface area contributed by atoms with Gasteiger partial charge in [0.2, 0.25) is 5.91 Å². The summed E-state index contributed by atoms with van der Waals surface area (Å²) in [6.07, 6.45) is 2.24. The van der Waals surface area contributed by atoms with Crippen molar-refractivity contribution in [3.63, 3.8) is 0 Å². The van der Waals surface area contributed by atoms with E-state index in [-0.39, 0.29) is 5.56 Å². The van der Waals surface area contributed by atoms with Gasteiger partial charge >= 0.3 is 0 Å². The molecule has 5 heteroatoms. The van der Waals surface area contributed by atoms with E-state index in [1.807, 2.05) is 0 Å². The molecule has 3 nitrogen and oxygen atoms in total. The summed E-state index contributed by atoms with van der Waals surface area (Å²) in [5, 5.41) is 2.94. The molecule has 0 aromatic heterocycles. The van der Waals surface area contributed by atoms with Crippen LogP contribution in [0.5, 0.6) is 0 Å². The number of benzene rings is 1. The fourth-order valence-electron chi connectivity index (χ4n) is 1.73. The van der Waals surface area contributed by atoms with E-state index in [1.54, 1.807) is 0 Å². The number of hydrogen-bond acceptors (Lipinski definition) is 2. The average Bonchev–Trinajstić information content (AvgIpc) is 2.99. The van der Waals surface area contributed by atoms with Gasteiger partial charge in [-0.2, -0.15) is 0 Å². The Morgan fingerprint density at radius 3 is 2.41 bits per heavy atom. The van der Waals surface area contributed by atoms with Crippen molar-refractivity contribution in [3.05, 3.63) is 35.4 Å². The van der Waals surface area contributed by atoms with Crippen molar-refractivity contribution < 1.29 is 13.6 Å². The van der Waals surface area contributed by atoms with Crippen molar-refractivity contribution in [2.45, 2.75) is 18.9 Å². The van der Waals surface area contributed by atoms with Gasteiger partial charge in [0, 0.05) is 6.07 Å². The van der Waals surface area contributed by atoms with Gasteiger partial charge in [0.1, 0.15) is 17.7 Å². The van der Waals surface area contributed by atoms with E-state index in [9.17, 15) is 13.6 Å². The number of carbonyl (C=O) groups excluding carboxylic acids is 1. The molecule has 3 N–H and O–H groups in total. The second kappa shape index (κ2) is 4.79. The third-order valence-corrected chi connectivity index (χ3v) is 2.81. The summed E-state index contributed by atoms with van der Waals surface area (Å²) in [7, 11) is 0. The van der Waals surface area contributed by atoms with Crippen molar-refractivity contribution in [2.24, 2.45) is 11.7 Å². The molecular formula is C12H14F2N2O. The zero-order valence-corrected chi connectivity index (χ0v) is 9.25. The minimum atomic E-state index is -0.833. The van der Waals surface area contributed by atoms with Crippen LogP contribution in [0.3, 0.4) is 0 Å². The van der Waals surface area contributed by atoms with Gasteiger partial charge in [-0.25, -0.2) is 8.78 Å². The van der Waals surface area contributed by atoms with Crippen molar-refractivity contribution in [1.82, 2.24) is 5.32 Å². The summed E-state index contributed by atoms with van der Waals surface area (Å²) in [6.45, 7) is 0.645. The van der Waals surface area contributed by atoms with E-state index in [1.165, 1.54) is 0 Å². The Labute approximate surface area is 98.0 Å². The molecule has 92 valence electrons. The highest BCUT2D eigenvalue weighted by molar-refractivity contribution is 5.81. The topological polar surface area (TPSA) is 55.1 Å². The van der Waals surface area contributed by atoms with Crippen LogP contribution in [-0.2, 0) is 4.79 Å². The van der Waals surface area contributed by atoms with Crippen molar-refractivity contribution >= 4 is 5.91 Å². The standard InChI is InChI=1S/C12H14F2N2O/c13-9-3-8(4-10(14)5-9)11(12(15)17)16-6-7-1-2-7/h3-5,7,11,16H,1-2,6H2,(H2,15,17). The van der Waals surface area contributed by atoms with E-state index in [0.717, 1.165) is 31.0 Å². The highest BCUT2D eigenvalue weighted by Crippen LogP contribution is 2.28. The molecule has 1 unspecified atom stereocenters. The highest BCUT2D eigenvalue weighted by Gasteiger charge is 2.25. The van der Waals surface area contributed by atoms with Gasteiger partial charge in [-0.15, -0.1) is 0 Å². The summed E-state index contributed by atoms with van der Waals surface area (Å²) in [6, 6.07) is 2.18. The van der Waals surface area contributed by atoms with Gasteiger partial charge < -0.3 is 11.1 Å². The van der Waals surface area contributed by atoms with Crippen molar-refractivity contribution in [3.8, 4) is 0 Å². The van der Waals surface area contributed by atoms with Crippen LogP contribution in [0.2, 0.25) is 0 Å². The Balaban J connectivity index is 2.14. The molecule has 1 amide bonds. The van der Waals surface area contributed by atoms with E-state index < -0.39 is 23.6 Å². The molecule has 1 atom stereocenters. The zero-order valence-electron chi connectivity index (χ0n) is 9.25. The second-order valence-electron chi connectivity index (χ2n) is 4.39. The quantitative estimate of drug-likeness (QED) is 0.819. The molecule has 17 heavy (non-hydrogen) atoms. The fourth-order valence-corrected chi connectivity index (χ4v) is 1.73. The highest BCUT2D eigenvalue weighted by atomic mass is 19.1. The Morgan fingerprint density at radius 2 is 1.94 bits per heavy atom. The van der Waals surface area contributed by atoms with Gasteiger partial charge in [0.15, 0.2) is 0 Å². The van der Waals surface area contributed by atoms with Gasteiger partial charge in [0.25, 0.3) is 0 Å². The monoisotopic (exact) mass is 240 g/mol. The molecule has 0 heterocycles. The Kier molecular flexibility index (Phi) is 3.38. The first-order chi connectivity index (χ1) is 8.06. The summed E-state index contributed by atoms with van der Waals surface area (Å²) in [4.78, 5) is 11.3. The maximum Gasteiger partial charge on any atom is 0.239 e. The molecular weight excluding hydrogens is 226 g/mol. The first-order valence-electron chi connectivity index (χ1n) is 5.55. The summed E-state index contributed by atoms with van der Waals surface area (Å²) >= 11 is 0. The van der Waals surface area contributed by atoms with E-state index in [0.29, 0.717) is 12.5 Å². The average molecular weight is 240 g/mol. The summed E-state index contributed by atoms with van der Waals surface area (Å²) in [5.74, 6) is -1.50. The normalized spacial score (nSPS) is 16.8. The van der Waals surface area contributed by atoms with Gasteiger partial charge in [0.05, 0.1) is 0 Å². The SMILES string of the molecule is NC(=O)C(NCC1CC1)c1cc(F)cc(F)c1. The number of amides is 1. The van der Waals surface area contributed by atoms with Crippen LogP contribution < -0.4 is 11.1 Å². The van der Waals surface area contributed by atoms with Crippen molar-refractivity contribution in [1.29, 1.82) is 0 Å². The zero-order chi connectivity index (χ0) is 12.4. The third-order valence-electron chi connectivity index (χ3n) is 2.81. The molecule has 0 saturated heterocycles.